The summed E-state index contributed by atoms with van der Waals surface area (Å²) in [5.74, 6) is 0.200. The van der Waals surface area contributed by atoms with Crippen LogP contribution in [-0.2, 0) is 4.79 Å². The van der Waals surface area contributed by atoms with Crippen LogP contribution in [0.4, 0.5) is 0 Å². The van der Waals surface area contributed by atoms with Crippen molar-refractivity contribution in [2.75, 3.05) is 7.05 Å². The maximum atomic E-state index is 11.5. The van der Waals surface area contributed by atoms with Crippen LogP contribution in [0, 0.1) is 10.8 Å². The van der Waals surface area contributed by atoms with Gasteiger partial charge in [-0.2, -0.15) is 0 Å². The van der Waals surface area contributed by atoms with Crippen LogP contribution < -0.4 is 5.73 Å². The summed E-state index contributed by atoms with van der Waals surface area (Å²) in [5, 5.41) is 0. The molecule has 0 radical (unpaired) electrons. The molecule has 0 aromatic rings. The number of hydrogen-bond donors (Lipinski definition) is 1. The number of nitrogens with zero attached hydrogens (tertiary/aromatic N) is 1. The fraction of sp³-hybridized carbons (Fsp3) is 0.909. The number of hydrogen-bond acceptors (Lipinski definition) is 2. The predicted molar refractivity (Wildman–Crippen MR) is 55.7 cm³/mol. The first kappa shape index (κ1) is 9.97. The van der Waals surface area contributed by atoms with Crippen molar-refractivity contribution in [2.45, 2.75) is 45.7 Å². The molecule has 14 heavy (non-hydrogen) atoms. The second-order valence-corrected chi connectivity index (χ2v) is 5.80. The molecule has 3 heteroatoms. The highest BCUT2D eigenvalue weighted by molar-refractivity contribution is 5.80. The molecule has 3 nitrogen and oxygen atoms in total. The lowest BCUT2D eigenvalue weighted by atomic mass is 9.86. The lowest BCUT2D eigenvalue weighted by Crippen LogP contribution is -2.45. The van der Waals surface area contributed by atoms with Crippen molar-refractivity contribution in [1.82, 2.24) is 4.90 Å². The lowest BCUT2D eigenvalue weighted by molar-refractivity contribution is -0.128. The molecule has 0 aromatic heterocycles. The van der Waals surface area contributed by atoms with E-state index in [0.717, 1.165) is 0 Å². The normalized spacial score (nSPS) is 45.8. The third-order valence-corrected chi connectivity index (χ3v) is 4.51. The highest BCUT2D eigenvalue weighted by Gasteiger charge is 2.65. The summed E-state index contributed by atoms with van der Waals surface area (Å²) in [6.07, 6.45) is 1.70. The van der Waals surface area contributed by atoms with E-state index in [4.69, 9.17) is 5.73 Å². The summed E-state index contributed by atoms with van der Waals surface area (Å²) in [4.78, 5) is 13.4. The molecular formula is C11H20N2O. The van der Waals surface area contributed by atoms with Gasteiger partial charge in [-0.25, -0.2) is 0 Å². The Morgan fingerprint density at radius 3 is 2.21 bits per heavy atom. The Bertz CT molecular complexity index is 287. The summed E-state index contributed by atoms with van der Waals surface area (Å²) in [7, 11) is 1.89. The quantitative estimate of drug-likeness (QED) is 0.679. The zero-order valence-corrected chi connectivity index (χ0v) is 9.50. The molecule has 2 fully saturated rings. The SMILES string of the molecule is CN1C(=O)CC(N)C1C1(C)CC1(C)C. The Morgan fingerprint density at radius 2 is 1.93 bits per heavy atom. The second kappa shape index (κ2) is 2.51. The zero-order valence-electron chi connectivity index (χ0n) is 9.50. The lowest BCUT2D eigenvalue weighted by Gasteiger charge is -2.31. The predicted octanol–water partition coefficient (Wildman–Crippen LogP) is 0.981. The van der Waals surface area contributed by atoms with E-state index in [9.17, 15) is 4.79 Å². The molecule has 3 unspecified atom stereocenters. The zero-order chi connectivity index (χ0) is 10.7. The molecule has 2 N–H and O–H groups in total. The van der Waals surface area contributed by atoms with E-state index < -0.39 is 0 Å². The fourth-order valence-electron chi connectivity index (χ4n) is 3.18. The number of carbonyl (C=O) groups is 1. The van der Waals surface area contributed by atoms with E-state index in [1.807, 2.05) is 11.9 Å². The molecule has 1 saturated heterocycles. The molecule has 1 heterocycles. The fourth-order valence-corrected chi connectivity index (χ4v) is 3.18. The van der Waals surface area contributed by atoms with Gasteiger partial charge in [0, 0.05) is 19.5 Å². The largest absolute Gasteiger partial charge is 0.341 e. The highest BCUT2D eigenvalue weighted by atomic mass is 16.2. The molecule has 1 aliphatic heterocycles. The van der Waals surface area contributed by atoms with Crippen LogP contribution in [0.25, 0.3) is 0 Å². The van der Waals surface area contributed by atoms with E-state index >= 15 is 0 Å². The Labute approximate surface area is 85.6 Å². The molecule has 0 aromatic carbocycles. The summed E-state index contributed by atoms with van der Waals surface area (Å²) in [6, 6.07) is 0.268. The molecule has 2 rings (SSSR count). The third kappa shape index (κ3) is 1.05. The smallest absolute Gasteiger partial charge is 0.224 e. The van der Waals surface area contributed by atoms with Gasteiger partial charge in [0.05, 0.1) is 6.04 Å². The Kier molecular flexibility index (Phi) is 1.79. The minimum absolute atomic E-state index is 0.0271. The summed E-state index contributed by atoms with van der Waals surface area (Å²) in [5.41, 5.74) is 6.62. The van der Waals surface area contributed by atoms with Crippen molar-refractivity contribution < 1.29 is 4.79 Å². The van der Waals surface area contributed by atoms with Crippen molar-refractivity contribution >= 4 is 5.91 Å². The standard InChI is InChI=1S/C11H20N2O/c1-10(2)6-11(10,3)9-7(12)5-8(14)13(9)4/h7,9H,5-6,12H2,1-4H3. The minimum Gasteiger partial charge on any atom is -0.341 e. The first-order chi connectivity index (χ1) is 6.29. The minimum atomic E-state index is 0.0271. The van der Waals surface area contributed by atoms with Crippen LogP contribution in [0.15, 0.2) is 0 Å². The van der Waals surface area contributed by atoms with Crippen LogP contribution in [0.2, 0.25) is 0 Å². The van der Waals surface area contributed by atoms with E-state index in [-0.39, 0.29) is 23.4 Å². The number of carbonyl (C=O) groups excluding carboxylic acids is 1. The highest BCUT2D eigenvalue weighted by Crippen LogP contribution is 2.67. The average Bonchev–Trinajstić information content (AvgIpc) is 2.37. The van der Waals surface area contributed by atoms with Gasteiger partial charge >= 0.3 is 0 Å². The van der Waals surface area contributed by atoms with Crippen LogP contribution in [-0.4, -0.2) is 29.9 Å². The summed E-state index contributed by atoms with van der Waals surface area (Å²) >= 11 is 0. The number of likely N-dealkylation sites (tertiary alicyclic amines) is 1. The maximum absolute atomic E-state index is 11.5. The van der Waals surface area contributed by atoms with Gasteiger partial charge in [-0.1, -0.05) is 20.8 Å². The van der Waals surface area contributed by atoms with Gasteiger partial charge in [0.25, 0.3) is 0 Å². The van der Waals surface area contributed by atoms with E-state index in [2.05, 4.69) is 20.8 Å². The number of rotatable bonds is 1. The van der Waals surface area contributed by atoms with Crippen LogP contribution in [0.3, 0.4) is 0 Å². The number of nitrogens with two attached hydrogens (primary N) is 1. The molecule has 3 atom stereocenters. The van der Waals surface area contributed by atoms with Crippen LogP contribution in [0.1, 0.15) is 33.6 Å². The molecule has 1 amide bonds. The van der Waals surface area contributed by atoms with Gasteiger partial charge in [0.15, 0.2) is 0 Å². The van der Waals surface area contributed by atoms with E-state index in [1.54, 1.807) is 0 Å². The molecule has 1 aliphatic carbocycles. The van der Waals surface area contributed by atoms with E-state index in [1.165, 1.54) is 6.42 Å². The van der Waals surface area contributed by atoms with Crippen molar-refractivity contribution in [3.8, 4) is 0 Å². The monoisotopic (exact) mass is 196 g/mol. The molecular weight excluding hydrogens is 176 g/mol. The molecule has 2 aliphatic rings. The molecule has 0 bridgehead atoms. The Morgan fingerprint density at radius 1 is 1.43 bits per heavy atom. The van der Waals surface area contributed by atoms with Crippen molar-refractivity contribution in [3.63, 3.8) is 0 Å². The van der Waals surface area contributed by atoms with Gasteiger partial charge in [-0.3, -0.25) is 4.79 Å². The van der Waals surface area contributed by atoms with Crippen LogP contribution >= 0.6 is 0 Å². The third-order valence-electron chi connectivity index (χ3n) is 4.51. The van der Waals surface area contributed by atoms with Gasteiger partial charge in [0.2, 0.25) is 5.91 Å². The first-order valence-corrected chi connectivity index (χ1v) is 5.31. The Hall–Kier alpha value is -0.570. The maximum Gasteiger partial charge on any atom is 0.224 e. The summed E-state index contributed by atoms with van der Waals surface area (Å²) < 4.78 is 0. The Balaban J connectivity index is 2.24. The van der Waals surface area contributed by atoms with E-state index in [0.29, 0.717) is 11.8 Å². The van der Waals surface area contributed by atoms with Gasteiger partial charge in [-0.05, 0) is 17.3 Å². The van der Waals surface area contributed by atoms with Crippen molar-refractivity contribution in [1.29, 1.82) is 0 Å². The molecule has 80 valence electrons. The molecule has 0 spiro atoms. The van der Waals surface area contributed by atoms with Crippen molar-refractivity contribution in [2.24, 2.45) is 16.6 Å². The van der Waals surface area contributed by atoms with Gasteiger partial charge < -0.3 is 10.6 Å². The number of likely N-dealkylation sites (N-methyl/N-ethyl adjacent to an activating group) is 1. The first-order valence-electron chi connectivity index (χ1n) is 5.31. The second-order valence-electron chi connectivity index (χ2n) is 5.80. The topological polar surface area (TPSA) is 46.3 Å². The van der Waals surface area contributed by atoms with Crippen molar-refractivity contribution in [3.05, 3.63) is 0 Å². The molecule has 1 saturated carbocycles. The van der Waals surface area contributed by atoms with Gasteiger partial charge in [0.1, 0.15) is 0 Å². The van der Waals surface area contributed by atoms with Gasteiger partial charge in [-0.15, -0.1) is 0 Å². The van der Waals surface area contributed by atoms with Crippen LogP contribution in [0.5, 0.6) is 0 Å². The average molecular weight is 196 g/mol. The summed E-state index contributed by atoms with van der Waals surface area (Å²) in [6.45, 7) is 6.78. The number of amides is 1.